The molecule has 0 atom stereocenters. The summed E-state index contributed by atoms with van der Waals surface area (Å²) >= 11 is 3.44. The van der Waals surface area contributed by atoms with E-state index in [2.05, 4.69) is 27.0 Å². The number of aromatic nitrogens is 1. The Labute approximate surface area is 145 Å². The zero-order valence-corrected chi connectivity index (χ0v) is 14.9. The van der Waals surface area contributed by atoms with Crippen LogP contribution in [0.2, 0.25) is 0 Å². The first-order chi connectivity index (χ1) is 11.3. The van der Waals surface area contributed by atoms with Crippen molar-refractivity contribution >= 4 is 33.7 Å². The van der Waals surface area contributed by atoms with Gasteiger partial charge < -0.3 is 10.2 Å². The molecule has 1 saturated heterocycles. The molecule has 1 fully saturated rings. The van der Waals surface area contributed by atoms with E-state index in [1.165, 1.54) is 24.1 Å². The van der Waals surface area contributed by atoms with Crippen molar-refractivity contribution in [2.45, 2.75) is 38.5 Å². The summed E-state index contributed by atoms with van der Waals surface area (Å²) in [6, 6.07) is 4.11. The van der Waals surface area contributed by atoms with E-state index < -0.39 is 0 Å². The van der Waals surface area contributed by atoms with E-state index in [1.54, 1.807) is 22.7 Å². The monoisotopic (exact) mass is 349 g/mol. The van der Waals surface area contributed by atoms with Crippen LogP contribution in [0.25, 0.3) is 0 Å². The van der Waals surface area contributed by atoms with Gasteiger partial charge in [-0.3, -0.25) is 4.79 Å². The van der Waals surface area contributed by atoms with Crippen LogP contribution in [0, 0.1) is 0 Å². The molecule has 4 nitrogen and oxygen atoms in total. The number of aryl methyl sites for hydroxylation is 1. The lowest BCUT2D eigenvalue weighted by atomic mass is 10.1. The molecule has 3 heterocycles. The molecule has 0 radical (unpaired) electrons. The minimum atomic E-state index is 0.130. The maximum Gasteiger partial charge on any atom is 0.220 e. The highest BCUT2D eigenvalue weighted by atomic mass is 32.1. The molecule has 0 aromatic carbocycles. The lowest BCUT2D eigenvalue weighted by Crippen LogP contribution is -2.29. The third-order valence-electron chi connectivity index (χ3n) is 4.05. The number of carbonyl (C=O) groups is 1. The first kappa shape index (κ1) is 16.5. The van der Waals surface area contributed by atoms with Crippen molar-refractivity contribution in [2.24, 2.45) is 0 Å². The quantitative estimate of drug-likeness (QED) is 0.832. The average Bonchev–Trinajstić information content (AvgIpc) is 3.26. The van der Waals surface area contributed by atoms with Gasteiger partial charge in [-0.2, -0.15) is 0 Å². The summed E-state index contributed by atoms with van der Waals surface area (Å²) in [5.41, 5.74) is 1.09. The fourth-order valence-corrected chi connectivity index (χ4v) is 4.37. The molecule has 1 N–H and O–H groups in total. The molecule has 0 saturated carbocycles. The first-order valence-electron chi connectivity index (χ1n) is 8.30. The van der Waals surface area contributed by atoms with Crippen molar-refractivity contribution in [1.29, 1.82) is 0 Å². The van der Waals surface area contributed by atoms with Crippen LogP contribution in [0.4, 0.5) is 5.13 Å². The van der Waals surface area contributed by atoms with Crippen LogP contribution >= 0.6 is 22.7 Å². The van der Waals surface area contributed by atoms with Crippen LogP contribution in [0.5, 0.6) is 0 Å². The maximum atomic E-state index is 11.8. The molecular weight excluding hydrogens is 326 g/mol. The van der Waals surface area contributed by atoms with Crippen LogP contribution < -0.4 is 10.2 Å². The molecule has 1 amide bonds. The van der Waals surface area contributed by atoms with Crippen LogP contribution in [0.1, 0.15) is 36.3 Å². The number of nitrogens with zero attached hydrogens (tertiary/aromatic N) is 2. The van der Waals surface area contributed by atoms with E-state index >= 15 is 0 Å². The number of thiophene rings is 1. The Hall–Kier alpha value is -1.40. The van der Waals surface area contributed by atoms with Crippen LogP contribution in [0.3, 0.4) is 0 Å². The van der Waals surface area contributed by atoms with Gasteiger partial charge in [0.05, 0.1) is 5.69 Å². The molecule has 23 heavy (non-hydrogen) atoms. The van der Waals surface area contributed by atoms with Crippen molar-refractivity contribution in [3.8, 4) is 0 Å². The van der Waals surface area contributed by atoms with Gasteiger partial charge in [0.25, 0.3) is 0 Å². The number of hydrogen-bond acceptors (Lipinski definition) is 5. The van der Waals surface area contributed by atoms with Gasteiger partial charge in [0.15, 0.2) is 5.13 Å². The number of carbonyl (C=O) groups excluding carboxylic acids is 1. The van der Waals surface area contributed by atoms with E-state index in [9.17, 15) is 4.79 Å². The summed E-state index contributed by atoms with van der Waals surface area (Å²) in [5.74, 6) is 0.130. The summed E-state index contributed by atoms with van der Waals surface area (Å²) in [4.78, 5) is 20.2. The van der Waals surface area contributed by atoms with Gasteiger partial charge in [-0.05, 0) is 37.1 Å². The minimum absolute atomic E-state index is 0.130. The molecule has 124 valence electrons. The molecule has 0 unspecified atom stereocenters. The number of nitrogens with one attached hydrogen (secondary N) is 1. The Kier molecular flexibility index (Phi) is 6.05. The molecule has 1 aliphatic rings. The molecule has 0 aliphatic carbocycles. The van der Waals surface area contributed by atoms with Crippen molar-refractivity contribution in [3.05, 3.63) is 33.5 Å². The topological polar surface area (TPSA) is 45.2 Å². The van der Waals surface area contributed by atoms with Crippen LogP contribution in [-0.2, 0) is 17.6 Å². The van der Waals surface area contributed by atoms with Crippen molar-refractivity contribution < 1.29 is 4.79 Å². The van der Waals surface area contributed by atoms with E-state index in [0.717, 1.165) is 36.8 Å². The lowest BCUT2D eigenvalue weighted by molar-refractivity contribution is -0.121. The summed E-state index contributed by atoms with van der Waals surface area (Å²) in [5, 5.41) is 8.32. The third-order valence-corrected chi connectivity index (χ3v) is 5.93. The molecule has 0 bridgehead atoms. The highest BCUT2D eigenvalue weighted by Crippen LogP contribution is 2.24. The van der Waals surface area contributed by atoms with E-state index in [0.29, 0.717) is 13.0 Å². The van der Waals surface area contributed by atoms with Gasteiger partial charge in [0.2, 0.25) is 5.91 Å². The Bertz CT molecular complexity index is 603. The first-order valence-corrected chi connectivity index (χ1v) is 10.1. The lowest BCUT2D eigenvalue weighted by Gasteiger charge is -2.25. The second kappa shape index (κ2) is 8.45. The third kappa shape index (κ3) is 5.04. The Morgan fingerprint density at radius 1 is 1.22 bits per heavy atom. The van der Waals surface area contributed by atoms with E-state index in [1.807, 2.05) is 6.07 Å². The predicted octanol–water partition coefficient (Wildman–Crippen LogP) is 3.49. The second-order valence-corrected chi connectivity index (χ2v) is 7.72. The van der Waals surface area contributed by atoms with Gasteiger partial charge in [0, 0.05) is 42.7 Å². The standard InChI is InChI=1S/C17H23N3OS2/c21-16(7-6-15-5-4-12-22-15)18-9-8-14-13-23-17(19-14)20-10-2-1-3-11-20/h4-5,12-13H,1-3,6-11H2,(H,18,21). The van der Waals surface area contributed by atoms with E-state index in [4.69, 9.17) is 4.98 Å². The SMILES string of the molecule is O=C(CCc1cccs1)NCCc1csc(N2CCCCC2)n1. The summed E-state index contributed by atoms with van der Waals surface area (Å²) in [6.45, 7) is 2.94. The highest BCUT2D eigenvalue weighted by molar-refractivity contribution is 7.13. The Morgan fingerprint density at radius 2 is 2.09 bits per heavy atom. The van der Waals surface area contributed by atoms with Gasteiger partial charge >= 0.3 is 0 Å². The van der Waals surface area contributed by atoms with Crippen molar-refractivity contribution in [3.63, 3.8) is 0 Å². The predicted molar refractivity (Wildman–Crippen MR) is 97.5 cm³/mol. The largest absolute Gasteiger partial charge is 0.356 e. The molecule has 0 spiro atoms. The zero-order chi connectivity index (χ0) is 15.9. The molecule has 2 aromatic heterocycles. The average molecular weight is 350 g/mol. The number of anilines is 1. The van der Waals surface area contributed by atoms with Crippen LogP contribution in [-0.4, -0.2) is 30.5 Å². The molecular formula is C17H23N3OS2. The zero-order valence-electron chi connectivity index (χ0n) is 13.3. The number of thiazole rings is 1. The van der Waals surface area contributed by atoms with Crippen molar-refractivity contribution in [1.82, 2.24) is 10.3 Å². The van der Waals surface area contributed by atoms with Gasteiger partial charge in [-0.1, -0.05) is 6.07 Å². The number of hydrogen-bond donors (Lipinski definition) is 1. The molecule has 3 rings (SSSR count). The smallest absolute Gasteiger partial charge is 0.220 e. The van der Waals surface area contributed by atoms with Gasteiger partial charge in [0.1, 0.15) is 0 Å². The van der Waals surface area contributed by atoms with Crippen molar-refractivity contribution in [2.75, 3.05) is 24.5 Å². The molecule has 6 heteroatoms. The Morgan fingerprint density at radius 3 is 2.87 bits per heavy atom. The molecule has 1 aliphatic heterocycles. The number of piperidine rings is 1. The maximum absolute atomic E-state index is 11.8. The number of rotatable bonds is 7. The molecule has 2 aromatic rings. The minimum Gasteiger partial charge on any atom is -0.356 e. The summed E-state index contributed by atoms with van der Waals surface area (Å²) < 4.78 is 0. The van der Waals surface area contributed by atoms with Gasteiger partial charge in [-0.25, -0.2) is 4.98 Å². The van der Waals surface area contributed by atoms with Gasteiger partial charge in [-0.15, -0.1) is 22.7 Å². The fourth-order valence-electron chi connectivity index (χ4n) is 2.75. The van der Waals surface area contributed by atoms with E-state index in [-0.39, 0.29) is 5.91 Å². The second-order valence-electron chi connectivity index (χ2n) is 5.85. The normalized spacial score (nSPS) is 14.9. The summed E-state index contributed by atoms with van der Waals surface area (Å²) in [7, 11) is 0. The van der Waals surface area contributed by atoms with Crippen LogP contribution in [0.15, 0.2) is 22.9 Å². The number of amides is 1. The summed E-state index contributed by atoms with van der Waals surface area (Å²) in [6.07, 6.45) is 6.10. The fraction of sp³-hybridized carbons (Fsp3) is 0.529. The highest BCUT2D eigenvalue weighted by Gasteiger charge is 2.14. The Balaban J connectivity index is 1.37.